The minimum Gasteiger partial charge on any atom is -0.486 e. The van der Waals surface area contributed by atoms with Crippen molar-refractivity contribution in [2.75, 3.05) is 32.6 Å². The summed E-state index contributed by atoms with van der Waals surface area (Å²) in [5, 5.41) is 4.99. The van der Waals surface area contributed by atoms with Crippen LogP contribution in [0.3, 0.4) is 0 Å². The zero-order chi connectivity index (χ0) is 23.2. The van der Waals surface area contributed by atoms with Crippen molar-refractivity contribution in [3.8, 4) is 11.5 Å². The predicted molar refractivity (Wildman–Crippen MR) is 123 cm³/mol. The maximum Gasteiger partial charge on any atom is 0.274 e. The molecule has 0 unspecified atom stereocenters. The van der Waals surface area contributed by atoms with E-state index in [0.29, 0.717) is 36.7 Å². The Bertz CT molecular complexity index is 1150. The number of pyridine rings is 1. The molecule has 0 bridgehead atoms. The molecule has 2 heterocycles. The van der Waals surface area contributed by atoms with Crippen LogP contribution in [0.25, 0.3) is 0 Å². The Hall–Kier alpha value is -3.91. The van der Waals surface area contributed by atoms with Gasteiger partial charge in [-0.2, -0.15) is 0 Å². The van der Waals surface area contributed by atoms with E-state index in [9.17, 15) is 9.59 Å². The van der Waals surface area contributed by atoms with Crippen molar-refractivity contribution in [2.24, 2.45) is 0 Å². The molecule has 0 saturated heterocycles. The zero-order valence-electron chi connectivity index (χ0n) is 18.7. The molecule has 0 aliphatic carbocycles. The largest absolute Gasteiger partial charge is 0.486 e. The van der Waals surface area contributed by atoms with E-state index < -0.39 is 0 Å². The monoisotopic (exact) mass is 447 g/mol. The molecule has 1 aliphatic rings. The molecule has 3 aromatic rings. The summed E-state index contributed by atoms with van der Waals surface area (Å²) in [5.41, 5.74) is 3.43. The lowest BCUT2D eigenvalue weighted by Gasteiger charge is -2.18. The highest BCUT2D eigenvalue weighted by Gasteiger charge is 2.15. The van der Waals surface area contributed by atoms with Crippen LogP contribution in [-0.4, -0.2) is 49.0 Å². The van der Waals surface area contributed by atoms with Crippen molar-refractivity contribution in [2.45, 2.75) is 13.1 Å². The van der Waals surface area contributed by atoms with Gasteiger partial charge < -0.3 is 25.0 Å². The van der Waals surface area contributed by atoms with E-state index in [1.165, 1.54) is 4.90 Å². The molecule has 33 heavy (non-hydrogen) atoms. The normalized spacial score (nSPS) is 12.2. The number of hydrogen-bond donors (Lipinski definition) is 2. The number of aromatic nitrogens is 1. The number of nitrogens with two attached hydrogens (primary N) is 1. The van der Waals surface area contributed by atoms with Crippen LogP contribution in [-0.2, 0) is 13.1 Å². The first-order valence-electron chi connectivity index (χ1n) is 10.8. The van der Waals surface area contributed by atoms with Crippen molar-refractivity contribution in [3.05, 3.63) is 83.2 Å². The standard InChI is InChI=1S/C25H26N4O4/c1-29(2)25(31)19-11-18(12-20(14-19)28-24(30)21-5-3-4-8-27-21)16-26-15-17-6-7-22-23(13-17)33-10-9-32-22/h3-8,11-14,26H,9-10,15-16H2,1-2H3,(H,28,30)/p+1. The molecule has 1 aliphatic heterocycles. The number of hydrogen-bond acceptors (Lipinski definition) is 5. The molecule has 170 valence electrons. The van der Waals surface area contributed by atoms with Gasteiger partial charge in [-0.25, -0.2) is 0 Å². The van der Waals surface area contributed by atoms with Gasteiger partial charge >= 0.3 is 0 Å². The lowest BCUT2D eigenvalue weighted by Crippen LogP contribution is -2.80. The summed E-state index contributed by atoms with van der Waals surface area (Å²) in [6.45, 7) is 2.49. The third-order valence-corrected chi connectivity index (χ3v) is 5.17. The molecule has 0 spiro atoms. The molecule has 2 aromatic carbocycles. The Morgan fingerprint density at radius 3 is 2.52 bits per heavy atom. The quantitative estimate of drug-likeness (QED) is 0.578. The summed E-state index contributed by atoms with van der Waals surface area (Å²) in [6.07, 6.45) is 1.57. The number of amides is 2. The second-order valence-corrected chi connectivity index (χ2v) is 7.96. The minimum atomic E-state index is -0.323. The minimum absolute atomic E-state index is 0.128. The number of fused-ring (bicyclic) bond motifs is 1. The Kier molecular flexibility index (Phi) is 6.85. The van der Waals surface area contributed by atoms with E-state index in [1.54, 1.807) is 44.6 Å². The van der Waals surface area contributed by atoms with Gasteiger partial charge in [0, 0.05) is 42.7 Å². The first-order valence-corrected chi connectivity index (χ1v) is 10.8. The number of rotatable bonds is 7. The maximum absolute atomic E-state index is 12.6. The van der Waals surface area contributed by atoms with E-state index in [-0.39, 0.29) is 11.8 Å². The molecule has 0 atom stereocenters. The fourth-order valence-electron chi connectivity index (χ4n) is 3.58. The van der Waals surface area contributed by atoms with E-state index >= 15 is 0 Å². The Morgan fingerprint density at radius 1 is 0.970 bits per heavy atom. The molecular weight excluding hydrogens is 420 g/mol. The summed E-state index contributed by atoms with van der Waals surface area (Å²) in [4.78, 5) is 30.8. The molecule has 8 heteroatoms. The lowest BCUT2D eigenvalue weighted by molar-refractivity contribution is -0.686. The van der Waals surface area contributed by atoms with E-state index in [4.69, 9.17) is 9.47 Å². The number of quaternary nitrogens is 1. The second kappa shape index (κ2) is 10.1. The first-order chi connectivity index (χ1) is 16.0. The van der Waals surface area contributed by atoms with Gasteiger partial charge in [0.25, 0.3) is 11.8 Å². The first kappa shape index (κ1) is 22.3. The van der Waals surface area contributed by atoms with Gasteiger partial charge in [0.05, 0.1) is 0 Å². The van der Waals surface area contributed by atoms with Crippen molar-refractivity contribution < 1.29 is 24.4 Å². The van der Waals surface area contributed by atoms with Crippen LogP contribution in [0.5, 0.6) is 11.5 Å². The highest BCUT2D eigenvalue weighted by molar-refractivity contribution is 6.04. The average molecular weight is 448 g/mol. The Labute approximate surface area is 192 Å². The number of benzene rings is 2. The average Bonchev–Trinajstić information content (AvgIpc) is 2.84. The fourth-order valence-corrected chi connectivity index (χ4v) is 3.58. The van der Waals surface area contributed by atoms with Crippen molar-refractivity contribution in [3.63, 3.8) is 0 Å². The third kappa shape index (κ3) is 5.67. The number of nitrogens with zero attached hydrogens (tertiary/aromatic N) is 2. The molecular formula is C25H27N4O4+. The lowest BCUT2D eigenvalue weighted by atomic mass is 10.1. The van der Waals surface area contributed by atoms with E-state index in [0.717, 1.165) is 29.2 Å². The van der Waals surface area contributed by atoms with Crippen LogP contribution in [0, 0.1) is 0 Å². The van der Waals surface area contributed by atoms with Gasteiger partial charge in [0.2, 0.25) is 0 Å². The van der Waals surface area contributed by atoms with Crippen LogP contribution < -0.4 is 20.1 Å². The van der Waals surface area contributed by atoms with Gasteiger partial charge in [0.15, 0.2) is 11.5 Å². The molecule has 0 radical (unpaired) electrons. The molecule has 2 amide bonds. The van der Waals surface area contributed by atoms with E-state index in [1.807, 2.05) is 30.3 Å². The van der Waals surface area contributed by atoms with Gasteiger partial charge in [-0.15, -0.1) is 0 Å². The van der Waals surface area contributed by atoms with Crippen LogP contribution in [0.15, 0.2) is 60.8 Å². The van der Waals surface area contributed by atoms with Crippen molar-refractivity contribution >= 4 is 17.5 Å². The van der Waals surface area contributed by atoms with Crippen LogP contribution in [0.4, 0.5) is 5.69 Å². The molecule has 0 saturated carbocycles. The van der Waals surface area contributed by atoms with Gasteiger partial charge in [-0.3, -0.25) is 14.6 Å². The van der Waals surface area contributed by atoms with Crippen LogP contribution in [0.1, 0.15) is 32.0 Å². The number of carbonyl (C=O) groups excluding carboxylic acids is 2. The molecule has 0 fully saturated rings. The smallest absolute Gasteiger partial charge is 0.274 e. The van der Waals surface area contributed by atoms with Crippen molar-refractivity contribution in [1.29, 1.82) is 0 Å². The van der Waals surface area contributed by atoms with Crippen LogP contribution >= 0.6 is 0 Å². The number of carbonyl (C=O) groups is 2. The molecule has 3 N–H and O–H groups in total. The predicted octanol–water partition coefficient (Wildman–Crippen LogP) is 2.07. The third-order valence-electron chi connectivity index (χ3n) is 5.17. The Morgan fingerprint density at radius 2 is 1.76 bits per heavy atom. The molecule has 4 rings (SSSR count). The number of nitrogens with one attached hydrogen (secondary N) is 1. The second-order valence-electron chi connectivity index (χ2n) is 7.96. The summed E-state index contributed by atoms with van der Waals surface area (Å²) in [7, 11) is 3.41. The van der Waals surface area contributed by atoms with Crippen molar-refractivity contribution in [1.82, 2.24) is 9.88 Å². The topological polar surface area (TPSA) is 97.4 Å². The number of ether oxygens (including phenoxy) is 2. The Balaban J connectivity index is 1.48. The van der Waals surface area contributed by atoms with Gasteiger partial charge in [-0.05, 0) is 48.5 Å². The van der Waals surface area contributed by atoms with Gasteiger partial charge in [-0.1, -0.05) is 6.07 Å². The zero-order valence-corrected chi connectivity index (χ0v) is 18.7. The molecule has 8 nitrogen and oxygen atoms in total. The fraction of sp³-hybridized carbons (Fsp3) is 0.240. The summed E-state index contributed by atoms with van der Waals surface area (Å²) < 4.78 is 11.2. The van der Waals surface area contributed by atoms with E-state index in [2.05, 4.69) is 15.6 Å². The maximum atomic E-state index is 12.6. The highest BCUT2D eigenvalue weighted by atomic mass is 16.6. The molecule has 1 aromatic heterocycles. The summed E-state index contributed by atoms with van der Waals surface area (Å²) in [5.74, 6) is 1.09. The highest BCUT2D eigenvalue weighted by Crippen LogP contribution is 2.30. The SMILES string of the molecule is CN(C)C(=O)c1cc(C[NH2+]Cc2ccc3c(c2)OCCO3)cc(NC(=O)c2ccccn2)c1. The van der Waals surface area contributed by atoms with Crippen LogP contribution in [0.2, 0.25) is 0 Å². The van der Waals surface area contributed by atoms with Gasteiger partial charge in [0.1, 0.15) is 32.0 Å². The summed E-state index contributed by atoms with van der Waals surface area (Å²) >= 11 is 0. The summed E-state index contributed by atoms with van der Waals surface area (Å²) in [6, 6.07) is 16.5. The number of anilines is 1.